The van der Waals surface area contributed by atoms with Crippen LogP contribution in [-0.2, 0) is 0 Å². The number of aliphatic hydroxyl groups excluding tert-OH is 2. The molecule has 2 aromatic rings. The number of hydrogen-bond acceptors (Lipinski definition) is 5. The van der Waals surface area contributed by atoms with Gasteiger partial charge in [-0.2, -0.15) is 0 Å². The number of piperazine rings is 1. The maximum absolute atomic E-state index is 10.4. The van der Waals surface area contributed by atoms with Gasteiger partial charge in [0.05, 0.1) is 6.61 Å². The molecule has 0 bridgehead atoms. The third kappa shape index (κ3) is 5.29. The normalized spacial score (nSPS) is 17.2. The first-order valence-electron chi connectivity index (χ1n) is 9.27. The lowest BCUT2D eigenvalue weighted by molar-refractivity contribution is 0.0430. The molecule has 1 heterocycles. The van der Waals surface area contributed by atoms with Crippen molar-refractivity contribution in [1.29, 1.82) is 0 Å². The Morgan fingerprint density at radius 2 is 1.54 bits per heavy atom. The van der Waals surface area contributed by atoms with Crippen molar-refractivity contribution >= 4 is 0 Å². The van der Waals surface area contributed by atoms with E-state index in [1.54, 1.807) is 0 Å². The van der Waals surface area contributed by atoms with Crippen molar-refractivity contribution < 1.29 is 14.9 Å². The number of ether oxygens (including phenoxy) is 1. The summed E-state index contributed by atoms with van der Waals surface area (Å²) in [6.07, 6.45) is -0.525. The predicted octanol–water partition coefficient (Wildman–Crippen LogP) is 1.70. The summed E-state index contributed by atoms with van der Waals surface area (Å²) in [5.41, 5.74) is 2.15. The minimum absolute atomic E-state index is 0.206. The highest BCUT2D eigenvalue weighted by Crippen LogP contribution is 2.29. The van der Waals surface area contributed by atoms with Crippen molar-refractivity contribution in [2.24, 2.45) is 0 Å². The van der Waals surface area contributed by atoms with Gasteiger partial charge in [0, 0.05) is 44.8 Å². The van der Waals surface area contributed by atoms with Crippen LogP contribution < -0.4 is 4.74 Å². The molecule has 2 N–H and O–H groups in total. The van der Waals surface area contributed by atoms with E-state index in [2.05, 4.69) is 21.9 Å². The van der Waals surface area contributed by atoms with Crippen molar-refractivity contribution in [3.05, 3.63) is 54.6 Å². The van der Waals surface area contributed by atoms with Crippen LogP contribution in [0.15, 0.2) is 54.6 Å². The van der Waals surface area contributed by atoms with Crippen molar-refractivity contribution in [1.82, 2.24) is 9.80 Å². The second-order valence-electron chi connectivity index (χ2n) is 6.69. The Morgan fingerprint density at radius 1 is 0.885 bits per heavy atom. The predicted molar refractivity (Wildman–Crippen MR) is 103 cm³/mol. The number of para-hydroxylation sites is 1. The Bertz CT molecular complexity index is 657. The van der Waals surface area contributed by atoms with Gasteiger partial charge in [0.1, 0.15) is 18.5 Å². The molecule has 0 unspecified atom stereocenters. The van der Waals surface area contributed by atoms with E-state index in [0.717, 1.165) is 49.6 Å². The smallest absolute Gasteiger partial charge is 0.127 e. The van der Waals surface area contributed by atoms with E-state index in [4.69, 9.17) is 9.84 Å². The van der Waals surface area contributed by atoms with Crippen molar-refractivity contribution in [2.45, 2.75) is 6.10 Å². The third-order valence-corrected chi connectivity index (χ3v) is 4.75. The maximum atomic E-state index is 10.4. The number of nitrogens with zero attached hydrogens (tertiary/aromatic N) is 2. The first-order chi connectivity index (χ1) is 12.8. The minimum atomic E-state index is -0.525. The third-order valence-electron chi connectivity index (χ3n) is 4.75. The minimum Gasteiger partial charge on any atom is -0.490 e. The Labute approximate surface area is 155 Å². The molecule has 0 saturated carbocycles. The summed E-state index contributed by atoms with van der Waals surface area (Å²) in [5, 5.41) is 19.4. The quantitative estimate of drug-likeness (QED) is 0.754. The number of rotatable bonds is 8. The van der Waals surface area contributed by atoms with E-state index in [-0.39, 0.29) is 13.2 Å². The molecule has 5 heteroatoms. The van der Waals surface area contributed by atoms with Gasteiger partial charge < -0.3 is 14.9 Å². The highest BCUT2D eigenvalue weighted by atomic mass is 16.5. The Morgan fingerprint density at radius 3 is 2.27 bits per heavy atom. The molecule has 1 aliphatic rings. The summed E-state index contributed by atoms with van der Waals surface area (Å²) < 4.78 is 5.93. The van der Waals surface area contributed by atoms with E-state index >= 15 is 0 Å². The van der Waals surface area contributed by atoms with Crippen LogP contribution in [0.2, 0.25) is 0 Å². The van der Waals surface area contributed by atoms with Crippen LogP contribution >= 0.6 is 0 Å². The van der Waals surface area contributed by atoms with Gasteiger partial charge in [0.15, 0.2) is 0 Å². The Kier molecular flexibility index (Phi) is 7.03. The van der Waals surface area contributed by atoms with Crippen LogP contribution in [0.1, 0.15) is 0 Å². The first kappa shape index (κ1) is 18.9. The SMILES string of the molecule is OCCN1CCN(C[C@H](O)COc2ccccc2-c2ccccc2)CC1. The fraction of sp³-hybridized carbons (Fsp3) is 0.429. The molecule has 0 aromatic heterocycles. The van der Waals surface area contributed by atoms with E-state index < -0.39 is 6.10 Å². The van der Waals surface area contributed by atoms with Gasteiger partial charge in [-0.3, -0.25) is 9.80 Å². The molecule has 0 amide bonds. The average molecular weight is 356 g/mol. The molecule has 26 heavy (non-hydrogen) atoms. The number of benzene rings is 2. The first-order valence-corrected chi connectivity index (χ1v) is 9.27. The molecule has 3 rings (SSSR count). The molecule has 1 aliphatic heterocycles. The van der Waals surface area contributed by atoms with Crippen LogP contribution in [0, 0.1) is 0 Å². The Hall–Kier alpha value is -1.92. The average Bonchev–Trinajstić information content (AvgIpc) is 2.69. The van der Waals surface area contributed by atoms with Crippen molar-refractivity contribution in [3.8, 4) is 16.9 Å². The van der Waals surface area contributed by atoms with Gasteiger partial charge in [-0.1, -0.05) is 48.5 Å². The molecule has 0 radical (unpaired) electrons. The zero-order valence-electron chi connectivity index (χ0n) is 15.1. The summed E-state index contributed by atoms with van der Waals surface area (Å²) in [6, 6.07) is 18.1. The van der Waals surface area contributed by atoms with E-state index in [1.165, 1.54) is 0 Å². The summed E-state index contributed by atoms with van der Waals surface area (Å²) in [7, 11) is 0. The fourth-order valence-corrected chi connectivity index (χ4v) is 3.32. The van der Waals surface area contributed by atoms with Crippen LogP contribution in [0.5, 0.6) is 5.75 Å². The number of hydrogen-bond donors (Lipinski definition) is 2. The van der Waals surface area contributed by atoms with Crippen LogP contribution in [0.4, 0.5) is 0 Å². The van der Waals surface area contributed by atoms with Gasteiger partial charge in [-0.25, -0.2) is 0 Å². The molecule has 1 atom stereocenters. The lowest BCUT2D eigenvalue weighted by Crippen LogP contribution is -2.49. The molecule has 5 nitrogen and oxygen atoms in total. The topological polar surface area (TPSA) is 56.2 Å². The second kappa shape index (κ2) is 9.69. The van der Waals surface area contributed by atoms with Gasteiger partial charge in [-0.15, -0.1) is 0 Å². The van der Waals surface area contributed by atoms with E-state index in [1.807, 2.05) is 42.5 Å². The van der Waals surface area contributed by atoms with Crippen molar-refractivity contribution in [2.75, 3.05) is 52.5 Å². The summed E-state index contributed by atoms with van der Waals surface area (Å²) in [5.74, 6) is 0.797. The zero-order chi connectivity index (χ0) is 18.2. The van der Waals surface area contributed by atoms with Gasteiger partial charge >= 0.3 is 0 Å². The molecule has 1 saturated heterocycles. The summed E-state index contributed by atoms with van der Waals surface area (Å²) in [6.45, 7) is 5.53. The van der Waals surface area contributed by atoms with E-state index in [9.17, 15) is 5.11 Å². The highest BCUT2D eigenvalue weighted by Gasteiger charge is 2.19. The maximum Gasteiger partial charge on any atom is 0.127 e. The van der Waals surface area contributed by atoms with Crippen molar-refractivity contribution in [3.63, 3.8) is 0 Å². The van der Waals surface area contributed by atoms with Gasteiger partial charge in [-0.05, 0) is 11.6 Å². The Balaban J connectivity index is 1.50. The molecule has 0 aliphatic carbocycles. The highest BCUT2D eigenvalue weighted by molar-refractivity contribution is 5.70. The molecule has 140 valence electrons. The summed E-state index contributed by atoms with van der Waals surface area (Å²) >= 11 is 0. The van der Waals surface area contributed by atoms with E-state index in [0.29, 0.717) is 6.54 Å². The molecule has 2 aromatic carbocycles. The van der Waals surface area contributed by atoms with Crippen LogP contribution in [0.25, 0.3) is 11.1 Å². The lowest BCUT2D eigenvalue weighted by Gasteiger charge is -2.35. The fourth-order valence-electron chi connectivity index (χ4n) is 3.32. The largest absolute Gasteiger partial charge is 0.490 e. The number of aliphatic hydroxyl groups is 2. The molecule has 0 spiro atoms. The number of β-amino-alcohol motifs (C(OH)–C–C–N with tert-alkyl or cyclic N) is 2. The van der Waals surface area contributed by atoms with Crippen LogP contribution in [0.3, 0.4) is 0 Å². The second-order valence-corrected chi connectivity index (χ2v) is 6.69. The van der Waals surface area contributed by atoms with Gasteiger partial charge in [0.2, 0.25) is 0 Å². The molecular weight excluding hydrogens is 328 g/mol. The molecule has 1 fully saturated rings. The molecular formula is C21H28N2O3. The lowest BCUT2D eigenvalue weighted by atomic mass is 10.1. The standard InChI is InChI=1S/C21H28N2O3/c24-15-14-22-10-12-23(13-11-22)16-19(25)17-26-21-9-5-4-8-20(21)18-6-2-1-3-7-18/h1-9,19,24-25H,10-17H2/t19-/m0/s1. The monoisotopic (exact) mass is 356 g/mol. The van der Waals surface area contributed by atoms with Crippen LogP contribution in [-0.4, -0.2) is 78.6 Å². The van der Waals surface area contributed by atoms with Gasteiger partial charge in [0.25, 0.3) is 0 Å². The zero-order valence-corrected chi connectivity index (χ0v) is 15.1. The summed E-state index contributed by atoms with van der Waals surface area (Å²) in [4.78, 5) is 4.50.